The molecule has 0 aliphatic heterocycles. The molecule has 0 saturated carbocycles. The van der Waals surface area contributed by atoms with E-state index in [1.165, 1.54) is 20.9 Å². The van der Waals surface area contributed by atoms with Crippen LogP contribution in [0.2, 0.25) is 0 Å². The zero-order chi connectivity index (χ0) is 13.4. The number of rotatable bonds is 3. The molecule has 1 N–H and O–H groups in total. The van der Waals surface area contributed by atoms with Crippen LogP contribution in [0.15, 0.2) is 18.7 Å². The molecule has 2 aromatic rings. The van der Waals surface area contributed by atoms with Crippen LogP contribution in [0.5, 0.6) is 0 Å². The van der Waals surface area contributed by atoms with Crippen LogP contribution in [0.25, 0.3) is 0 Å². The number of hydrogen-bond donors (Lipinski definition) is 1. The van der Waals surface area contributed by atoms with Crippen molar-refractivity contribution in [2.24, 2.45) is 5.92 Å². The summed E-state index contributed by atoms with van der Waals surface area (Å²) in [6.07, 6.45) is 7.92. The van der Waals surface area contributed by atoms with Gasteiger partial charge in [-0.2, -0.15) is 0 Å². The first-order chi connectivity index (χ1) is 9.15. The van der Waals surface area contributed by atoms with E-state index in [0.29, 0.717) is 6.42 Å². The summed E-state index contributed by atoms with van der Waals surface area (Å²) in [7, 11) is 0. The lowest BCUT2D eigenvalue weighted by molar-refractivity contribution is -0.142. The van der Waals surface area contributed by atoms with E-state index < -0.39 is 5.97 Å². The SMILES string of the molecule is Cc1c(Cn2ccnc2)sc2c1CCC(C(=O)O)C2.Cl. The highest BCUT2D eigenvalue weighted by molar-refractivity contribution is 7.12. The van der Waals surface area contributed by atoms with E-state index in [1.54, 1.807) is 17.5 Å². The molecule has 0 saturated heterocycles. The van der Waals surface area contributed by atoms with Gasteiger partial charge in [-0.25, -0.2) is 4.98 Å². The maximum atomic E-state index is 11.1. The molecular weight excluding hydrogens is 296 g/mol. The largest absolute Gasteiger partial charge is 0.481 e. The van der Waals surface area contributed by atoms with Crippen LogP contribution in [0.3, 0.4) is 0 Å². The zero-order valence-electron chi connectivity index (χ0n) is 11.2. The summed E-state index contributed by atoms with van der Waals surface area (Å²) in [5, 5.41) is 9.14. The predicted octanol–water partition coefficient (Wildman–Crippen LogP) is 2.91. The van der Waals surface area contributed by atoms with E-state index in [-0.39, 0.29) is 18.3 Å². The van der Waals surface area contributed by atoms with Gasteiger partial charge in [0.2, 0.25) is 0 Å². The maximum absolute atomic E-state index is 11.1. The quantitative estimate of drug-likeness (QED) is 0.948. The van der Waals surface area contributed by atoms with Gasteiger partial charge in [-0.3, -0.25) is 4.79 Å². The van der Waals surface area contributed by atoms with Crippen molar-refractivity contribution in [2.75, 3.05) is 0 Å². The monoisotopic (exact) mass is 312 g/mol. The maximum Gasteiger partial charge on any atom is 0.306 e. The Morgan fingerprint density at radius 1 is 1.60 bits per heavy atom. The molecule has 0 aromatic carbocycles. The first-order valence-electron chi connectivity index (χ1n) is 6.43. The zero-order valence-corrected chi connectivity index (χ0v) is 12.8. The van der Waals surface area contributed by atoms with Crippen molar-refractivity contribution in [1.82, 2.24) is 9.55 Å². The number of nitrogens with zero attached hydrogens (tertiary/aromatic N) is 2. The van der Waals surface area contributed by atoms with Crippen LogP contribution in [-0.2, 0) is 24.2 Å². The summed E-state index contributed by atoms with van der Waals surface area (Å²) in [4.78, 5) is 17.8. The van der Waals surface area contributed by atoms with Gasteiger partial charge in [0.05, 0.1) is 18.8 Å². The molecule has 0 spiro atoms. The average Bonchev–Trinajstić information content (AvgIpc) is 2.99. The highest BCUT2D eigenvalue weighted by atomic mass is 35.5. The second-order valence-electron chi connectivity index (χ2n) is 5.06. The number of carbonyl (C=O) groups is 1. The minimum atomic E-state index is -0.659. The normalized spacial score (nSPS) is 17.4. The van der Waals surface area contributed by atoms with E-state index in [1.807, 2.05) is 12.5 Å². The summed E-state index contributed by atoms with van der Waals surface area (Å²) in [6, 6.07) is 0. The topological polar surface area (TPSA) is 55.1 Å². The summed E-state index contributed by atoms with van der Waals surface area (Å²) in [5.41, 5.74) is 2.73. The fraction of sp³-hybridized carbons (Fsp3) is 0.429. The third kappa shape index (κ3) is 2.74. The first kappa shape index (κ1) is 15.1. The van der Waals surface area contributed by atoms with Crippen LogP contribution in [-0.4, -0.2) is 20.6 Å². The van der Waals surface area contributed by atoms with Crippen molar-refractivity contribution in [3.05, 3.63) is 39.6 Å². The first-order valence-corrected chi connectivity index (χ1v) is 7.25. The summed E-state index contributed by atoms with van der Waals surface area (Å²) < 4.78 is 2.05. The molecule has 20 heavy (non-hydrogen) atoms. The average molecular weight is 313 g/mol. The molecule has 2 heterocycles. The van der Waals surface area contributed by atoms with E-state index in [9.17, 15) is 4.79 Å². The van der Waals surface area contributed by atoms with Crippen molar-refractivity contribution in [1.29, 1.82) is 0 Å². The van der Waals surface area contributed by atoms with E-state index in [4.69, 9.17) is 5.11 Å². The number of hydrogen-bond acceptors (Lipinski definition) is 3. The Kier molecular flexibility index (Phi) is 4.50. The van der Waals surface area contributed by atoms with Gasteiger partial charge in [0.1, 0.15) is 0 Å². The minimum Gasteiger partial charge on any atom is -0.481 e. The second-order valence-corrected chi connectivity index (χ2v) is 6.25. The Hall–Kier alpha value is -1.33. The molecule has 1 aliphatic rings. The van der Waals surface area contributed by atoms with Gasteiger partial charge in [0.15, 0.2) is 0 Å². The fourth-order valence-electron chi connectivity index (χ4n) is 2.71. The van der Waals surface area contributed by atoms with Crippen molar-refractivity contribution < 1.29 is 9.90 Å². The summed E-state index contributed by atoms with van der Waals surface area (Å²) in [5.74, 6) is -0.862. The van der Waals surface area contributed by atoms with Crippen molar-refractivity contribution in [2.45, 2.75) is 32.7 Å². The second kappa shape index (κ2) is 5.97. The number of imidazole rings is 1. The van der Waals surface area contributed by atoms with Crippen LogP contribution >= 0.6 is 23.7 Å². The number of aromatic nitrogens is 2. The number of halogens is 1. The molecule has 1 aliphatic carbocycles. The molecule has 1 unspecified atom stereocenters. The van der Waals surface area contributed by atoms with Gasteiger partial charge in [0, 0.05) is 22.1 Å². The lowest BCUT2D eigenvalue weighted by atomic mass is 9.87. The van der Waals surface area contributed by atoms with Crippen LogP contribution in [0, 0.1) is 12.8 Å². The number of carboxylic acids is 1. The molecule has 0 amide bonds. The molecule has 108 valence electrons. The number of carboxylic acid groups (broad SMARTS) is 1. The number of thiophene rings is 1. The van der Waals surface area contributed by atoms with Gasteiger partial charge >= 0.3 is 5.97 Å². The standard InChI is InChI=1S/C14H16N2O2S.ClH/c1-9-11-3-2-10(14(17)18)6-12(11)19-13(9)7-16-5-4-15-8-16;/h4-5,8,10H,2-3,6-7H2,1H3,(H,17,18);1H. The molecule has 0 bridgehead atoms. The Morgan fingerprint density at radius 3 is 3.05 bits per heavy atom. The van der Waals surface area contributed by atoms with Crippen LogP contribution in [0.1, 0.15) is 27.3 Å². The van der Waals surface area contributed by atoms with Gasteiger partial charge in [0.25, 0.3) is 0 Å². The molecule has 0 fully saturated rings. The fourth-order valence-corrected chi connectivity index (χ4v) is 4.16. The van der Waals surface area contributed by atoms with Crippen LogP contribution in [0.4, 0.5) is 0 Å². The van der Waals surface area contributed by atoms with Crippen molar-refractivity contribution in [3.63, 3.8) is 0 Å². The smallest absolute Gasteiger partial charge is 0.306 e. The Balaban J connectivity index is 0.00000147. The Labute approximate surface area is 127 Å². The summed E-state index contributed by atoms with van der Waals surface area (Å²) in [6.45, 7) is 2.99. The molecule has 6 heteroatoms. The number of fused-ring (bicyclic) bond motifs is 1. The van der Waals surface area contributed by atoms with Gasteiger partial charge < -0.3 is 9.67 Å². The minimum absolute atomic E-state index is 0. The third-order valence-electron chi connectivity index (χ3n) is 3.86. The third-order valence-corrected chi connectivity index (χ3v) is 5.20. The van der Waals surface area contributed by atoms with Gasteiger partial charge in [-0.1, -0.05) is 0 Å². The lowest BCUT2D eigenvalue weighted by Crippen LogP contribution is -2.21. The van der Waals surface area contributed by atoms with E-state index >= 15 is 0 Å². The Morgan fingerprint density at radius 2 is 2.40 bits per heavy atom. The molecular formula is C14H17ClN2O2S. The molecule has 1 atom stereocenters. The van der Waals surface area contributed by atoms with Crippen LogP contribution < -0.4 is 0 Å². The lowest BCUT2D eigenvalue weighted by Gasteiger charge is -2.18. The van der Waals surface area contributed by atoms with E-state index in [2.05, 4.69) is 16.5 Å². The predicted molar refractivity (Wildman–Crippen MR) is 80.8 cm³/mol. The van der Waals surface area contributed by atoms with E-state index in [0.717, 1.165) is 19.4 Å². The highest BCUT2D eigenvalue weighted by Crippen LogP contribution is 2.36. The molecule has 2 aromatic heterocycles. The molecule has 0 radical (unpaired) electrons. The van der Waals surface area contributed by atoms with Gasteiger partial charge in [-0.15, -0.1) is 23.7 Å². The molecule has 3 rings (SSSR count). The van der Waals surface area contributed by atoms with Gasteiger partial charge in [-0.05, 0) is 37.3 Å². The number of aliphatic carboxylic acids is 1. The van der Waals surface area contributed by atoms with Crippen molar-refractivity contribution >= 4 is 29.7 Å². The Bertz CT molecular complexity index is 607. The van der Waals surface area contributed by atoms with Crippen molar-refractivity contribution in [3.8, 4) is 0 Å². The highest BCUT2D eigenvalue weighted by Gasteiger charge is 2.27. The molecule has 4 nitrogen and oxygen atoms in total. The summed E-state index contributed by atoms with van der Waals surface area (Å²) >= 11 is 1.77.